The number of thiazole rings is 1. The van der Waals surface area contributed by atoms with E-state index in [0.29, 0.717) is 16.8 Å². The van der Waals surface area contributed by atoms with Crippen molar-refractivity contribution in [2.24, 2.45) is 0 Å². The molecule has 0 aliphatic rings. The number of amides is 1. The summed E-state index contributed by atoms with van der Waals surface area (Å²) in [4.78, 5) is 15.6. The Labute approximate surface area is 114 Å². The number of nitrogens with zero attached hydrogens (tertiary/aromatic N) is 1. The van der Waals surface area contributed by atoms with E-state index >= 15 is 0 Å². The summed E-state index contributed by atoms with van der Waals surface area (Å²) in [6.07, 6.45) is 0. The molecule has 0 fully saturated rings. The van der Waals surface area contributed by atoms with Crippen LogP contribution in [0.5, 0.6) is 0 Å². The lowest BCUT2D eigenvalue weighted by molar-refractivity contribution is -0.119. The highest BCUT2D eigenvalue weighted by molar-refractivity contribution is 7.14. The summed E-state index contributed by atoms with van der Waals surface area (Å²) in [5.74, 6) is -0.0785. The van der Waals surface area contributed by atoms with Crippen LogP contribution < -0.4 is 10.6 Å². The first kappa shape index (κ1) is 12.9. The van der Waals surface area contributed by atoms with Gasteiger partial charge in [-0.3, -0.25) is 4.79 Å². The fourth-order valence-electron chi connectivity index (χ4n) is 1.35. The summed E-state index contributed by atoms with van der Waals surface area (Å²) in [5, 5.41) is 8.53. The fraction of sp³-hybridized carbons (Fsp3) is 0.167. The zero-order valence-corrected chi connectivity index (χ0v) is 11.1. The van der Waals surface area contributed by atoms with Gasteiger partial charge < -0.3 is 10.6 Å². The lowest BCUT2D eigenvalue weighted by Crippen LogP contribution is -2.29. The first-order chi connectivity index (χ1) is 8.74. The summed E-state index contributed by atoms with van der Waals surface area (Å²) in [6, 6.07) is 9.76. The van der Waals surface area contributed by atoms with Gasteiger partial charge in [0.25, 0.3) is 0 Å². The maximum Gasteiger partial charge on any atom is 0.239 e. The molecule has 4 nitrogen and oxygen atoms in total. The molecule has 18 heavy (non-hydrogen) atoms. The minimum Gasteiger partial charge on any atom is -0.352 e. The standard InChI is InChI=1S/C12H12ClN3OS/c13-10-8-18-12(16-10)15-7-11(17)14-6-9-4-2-1-3-5-9/h1-5,8H,6-7H2,(H,14,17)(H,15,16). The topological polar surface area (TPSA) is 54.0 Å². The summed E-state index contributed by atoms with van der Waals surface area (Å²) in [7, 11) is 0. The van der Waals surface area contributed by atoms with Crippen LogP contribution in [0.2, 0.25) is 5.15 Å². The van der Waals surface area contributed by atoms with Crippen LogP contribution in [0.25, 0.3) is 0 Å². The number of nitrogens with one attached hydrogen (secondary N) is 2. The normalized spacial score (nSPS) is 10.1. The summed E-state index contributed by atoms with van der Waals surface area (Å²) in [5.41, 5.74) is 1.07. The fourth-order valence-corrected chi connectivity index (χ4v) is 2.19. The SMILES string of the molecule is O=C(CNc1nc(Cl)cs1)NCc1ccccc1. The van der Waals surface area contributed by atoms with E-state index in [2.05, 4.69) is 15.6 Å². The molecular weight excluding hydrogens is 270 g/mol. The molecule has 1 aromatic carbocycles. The van der Waals surface area contributed by atoms with Gasteiger partial charge in [0.1, 0.15) is 5.15 Å². The molecule has 2 N–H and O–H groups in total. The zero-order chi connectivity index (χ0) is 12.8. The highest BCUT2D eigenvalue weighted by Gasteiger charge is 2.03. The third-order valence-electron chi connectivity index (χ3n) is 2.21. The molecular formula is C12H12ClN3OS. The second kappa shape index (κ2) is 6.37. The van der Waals surface area contributed by atoms with Crippen LogP contribution in [0.1, 0.15) is 5.56 Å². The summed E-state index contributed by atoms with van der Waals surface area (Å²) < 4.78 is 0. The van der Waals surface area contributed by atoms with Crippen molar-refractivity contribution in [3.8, 4) is 0 Å². The van der Waals surface area contributed by atoms with Crippen molar-refractivity contribution in [1.82, 2.24) is 10.3 Å². The molecule has 0 aliphatic heterocycles. The van der Waals surface area contributed by atoms with Crippen molar-refractivity contribution < 1.29 is 4.79 Å². The Morgan fingerprint density at radius 3 is 2.78 bits per heavy atom. The molecule has 2 aromatic rings. The van der Waals surface area contributed by atoms with Gasteiger partial charge in [0, 0.05) is 11.9 Å². The molecule has 0 bridgehead atoms. The van der Waals surface area contributed by atoms with Crippen molar-refractivity contribution in [2.75, 3.05) is 11.9 Å². The molecule has 0 aliphatic carbocycles. The van der Waals surface area contributed by atoms with Crippen LogP contribution in [-0.4, -0.2) is 17.4 Å². The smallest absolute Gasteiger partial charge is 0.239 e. The average molecular weight is 282 g/mol. The molecule has 0 saturated heterocycles. The highest BCUT2D eigenvalue weighted by atomic mass is 35.5. The van der Waals surface area contributed by atoms with Crippen molar-refractivity contribution in [3.05, 3.63) is 46.4 Å². The molecule has 6 heteroatoms. The molecule has 0 saturated carbocycles. The van der Waals surface area contributed by atoms with Crippen molar-refractivity contribution in [1.29, 1.82) is 0 Å². The molecule has 1 heterocycles. The minimum absolute atomic E-state index is 0.0785. The number of aromatic nitrogens is 1. The van der Waals surface area contributed by atoms with Crippen LogP contribution >= 0.6 is 22.9 Å². The Balaban J connectivity index is 1.73. The number of carbonyl (C=O) groups excluding carboxylic acids is 1. The zero-order valence-electron chi connectivity index (χ0n) is 9.52. The van der Waals surface area contributed by atoms with E-state index in [4.69, 9.17) is 11.6 Å². The Kier molecular flexibility index (Phi) is 4.55. The molecule has 1 amide bonds. The predicted molar refractivity (Wildman–Crippen MR) is 73.9 cm³/mol. The second-order valence-electron chi connectivity index (χ2n) is 3.59. The number of hydrogen-bond acceptors (Lipinski definition) is 4. The molecule has 1 aromatic heterocycles. The lowest BCUT2D eigenvalue weighted by atomic mass is 10.2. The van der Waals surface area contributed by atoms with Gasteiger partial charge >= 0.3 is 0 Å². The number of halogens is 1. The molecule has 94 valence electrons. The lowest BCUT2D eigenvalue weighted by Gasteiger charge is -2.05. The maximum atomic E-state index is 11.6. The van der Waals surface area contributed by atoms with Gasteiger partial charge in [0.15, 0.2) is 5.13 Å². The maximum absolute atomic E-state index is 11.6. The van der Waals surface area contributed by atoms with Gasteiger partial charge in [0.2, 0.25) is 5.91 Å². The number of benzene rings is 1. The Morgan fingerprint density at radius 1 is 1.33 bits per heavy atom. The molecule has 0 atom stereocenters. The quantitative estimate of drug-likeness (QED) is 0.885. The second-order valence-corrected chi connectivity index (χ2v) is 4.84. The van der Waals surface area contributed by atoms with Gasteiger partial charge in [-0.2, -0.15) is 0 Å². The van der Waals surface area contributed by atoms with E-state index in [1.54, 1.807) is 5.38 Å². The number of rotatable bonds is 5. The van der Waals surface area contributed by atoms with Crippen LogP contribution in [0, 0.1) is 0 Å². The first-order valence-corrected chi connectivity index (χ1v) is 6.65. The van der Waals surface area contributed by atoms with Crippen LogP contribution in [0.4, 0.5) is 5.13 Å². The predicted octanol–water partition coefficient (Wildman–Crippen LogP) is 2.52. The molecule has 0 unspecified atom stereocenters. The minimum atomic E-state index is -0.0785. The largest absolute Gasteiger partial charge is 0.352 e. The molecule has 0 spiro atoms. The van der Waals surface area contributed by atoms with Crippen LogP contribution in [0.15, 0.2) is 35.7 Å². The number of hydrogen-bond donors (Lipinski definition) is 2. The van der Waals surface area contributed by atoms with E-state index in [9.17, 15) is 4.79 Å². The Morgan fingerprint density at radius 2 is 2.11 bits per heavy atom. The van der Waals surface area contributed by atoms with Gasteiger partial charge in [-0.1, -0.05) is 41.9 Å². The molecule has 0 radical (unpaired) electrons. The van der Waals surface area contributed by atoms with Gasteiger partial charge in [-0.15, -0.1) is 11.3 Å². The number of anilines is 1. The van der Waals surface area contributed by atoms with Crippen LogP contribution in [0.3, 0.4) is 0 Å². The van der Waals surface area contributed by atoms with E-state index in [1.807, 2.05) is 30.3 Å². The highest BCUT2D eigenvalue weighted by Crippen LogP contribution is 2.18. The first-order valence-electron chi connectivity index (χ1n) is 5.39. The van der Waals surface area contributed by atoms with Gasteiger partial charge in [0.05, 0.1) is 6.54 Å². The number of carbonyl (C=O) groups is 1. The average Bonchev–Trinajstić information content (AvgIpc) is 2.81. The van der Waals surface area contributed by atoms with Crippen molar-refractivity contribution in [2.45, 2.75) is 6.54 Å². The van der Waals surface area contributed by atoms with E-state index in [1.165, 1.54) is 11.3 Å². The monoisotopic (exact) mass is 281 g/mol. The third kappa shape index (κ3) is 4.01. The van der Waals surface area contributed by atoms with Gasteiger partial charge in [-0.25, -0.2) is 4.98 Å². The van der Waals surface area contributed by atoms with E-state index in [0.717, 1.165) is 5.56 Å². The summed E-state index contributed by atoms with van der Waals surface area (Å²) >= 11 is 7.05. The van der Waals surface area contributed by atoms with E-state index < -0.39 is 0 Å². The third-order valence-corrected chi connectivity index (χ3v) is 3.33. The van der Waals surface area contributed by atoms with Crippen molar-refractivity contribution in [3.63, 3.8) is 0 Å². The Bertz CT molecular complexity index is 515. The van der Waals surface area contributed by atoms with Gasteiger partial charge in [-0.05, 0) is 5.56 Å². The van der Waals surface area contributed by atoms with E-state index in [-0.39, 0.29) is 12.5 Å². The summed E-state index contributed by atoms with van der Waals surface area (Å²) in [6.45, 7) is 0.719. The van der Waals surface area contributed by atoms with Crippen molar-refractivity contribution >= 4 is 34.0 Å². The molecule has 2 rings (SSSR count). The Hall–Kier alpha value is -1.59. The van der Waals surface area contributed by atoms with Crippen LogP contribution in [-0.2, 0) is 11.3 Å².